The number of aromatic nitrogens is 6. The predicted molar refractivity (Wildman–Crippen MR) is 114 cm³/mol. The highest BCUT2D eigenvalue weighted by Gasteiger charge is 2.50. The minimum atomic E-state index is -0.802. The zero-order chi connectivity index (χ0) is 23.7. The summed E-state index contributed by atoms with van der Waals surface area (Å²) in [5.41, 5.74) is 1.09. The lowest BCUT2D eigenvalue weighted by Gasteiger charge is -2.38. The van der Waals surface area contributed by atoms with Crippen LogP contribution in [-0.4, -0.2) is 104 Å². The van der Waals surface area contributed by atoms with Gasteiger partial charge in [0.25, 0.3) is 0 Å². The van der Waals surface area contributed by atoms with Crippen LogP contribution < -0.4 is 0 Å². The number of ether oxygens (including phenoxy) is 2. The smallest absolute Gasteiger partial charge is 0.338 e. The first-order valence-electron chi connectivity index (χ1n) is 11.2. The summed E-state index contributed by atoms with van der Waals surface area (Å²) in [7, 11) is 1.52. The number of hydrogen-bond donors (Lipinski definition) is 1. The fourth-order valence-electron chi connectivity index (χ4n) is 4.90. The molecule has 5 rings (SSSR count). The van der Waals surface area contributed by atoms with Crippen LogP contribution in [-0.2, 0) is 19.1 Å². The summed E-state index contributed by atoms with van der Waals surface area (Å²) in [6.45, 7) is 2.60. The summed E-state index contributed by atoms with van der Waals surface area (Å²) < 4.78 is 11.7. The maximum atomic E-state index is 13.4. The Kier molecular flexibility index (Phi) is 6.06. The zero-order valence-electron chi connectivity index (χ0n) is 18.8. The highest BCUT2D eigenvalue weighted by Crippen LogP contribution is 2.44. The maximum Gasteiger partial charge on any atom is 0.338 e. The molecule has 0 radical (unpaired) electrons. The highest BCUT2D eigenvalue weighted by atomic mass is 16.5. The fraction of sp³-hybridized carbons (Fsp3) is 0.571. The molecule has 3 aliphatic heterocycles. The van der Waals surface area contributed by atoms with Crippen LogP contribution in [0.15, 0.2) is 29.7 Å². The third kappa shape index (κ3) is 4.06. The van der Waals surface area contributed by atoms with Crippen molar-refractivity contribution in [1.29, 1.82) is 0 Å². The minimum absolute atomic E-state index is 0.0543. The Hall–Kier alpha value is -3.29. The van der Waals surface area contributed by atoms with Crippen LogP contribution in [0.5, 0.6) is 0 Å². The molecule has 13 nitrogen and oxygen atoms in total. The molecule has 1 atom stereocenters. The van der Waals surface area contributed by atoms with Crippen molar-refractivity contribution in [2.24, 2.45) is 5.41 Å². The van der Waals surface area contributed by atoms with Gasteiger partial charge in [-0.2, -0.15) is 9.78 Å². The number of aliphatic hydroxyl groups excluding tert-OH is 1. The van der Waals surface area contributed by atoms with Gasteiger partial charge in [0.1, 0.15) is 19.0 Å². The number of esters is 1. The lowest BCUT2D eigenvalue weighted by atomic mass is 9.77. The van der Waals surface area contributed by atoms with E-state index in [2.05, 4.69) is 30.6 Å². The molecule has 34 heavy (non-hydrogen) atoms. The second kappa shape index (κ2) is 9.16. The normalized spacial score (nSPS) is 21.5. The summed E-state index contributed by atoms with van der Waals surface area (Å²) in [6.07, 6.45) is 2.75. The summed E-state index contributed by atoms with van der Waals surface area (Å²) in [4.78, 5) is 29.2. The number of rotatable bonds is 7. The van der Waals surface area contributed by atoms with Gasteiger partial charge in [0.05, 0.1) is 29.0 Å². The van der Waals surface area contributed by atoms with E-state index in [1.54, 1.807) is 17.0 Å². The lowest BCUT2D eigenvalue weighted by molar-refractivity contribution is -0.139. The van der Waals surface area contributed by atoms with Gasteiger partial charge in [-0.25, -0.2) is 4.79 Å². The quantitative estimate of drug-likeness (QED) is 0.510. The second-order valence-electron chi connectivity index (χ2n) is 8.81. The third-order valence-electron chi connectivity index (χ3n) is 6.90. The van der Waals surface area contributed by atoms with E-state index in [4.69, 9.17) is 9.47 Å². The number of tetrazole rings is 1. The van der Waals surface area contributed by atoms with E-state index in [9.17, 15) is 14.7 Å². The van der Waals surface area contributed by atoms with Crippen molar-refractivity contribution in [3.05, 3.63) is 35.4 Å². The first-order chi connectivity index (χ1) is 16.5. The van der Waals surface area contributed by atoms with Crippen molar-refractivity contribution in [3.8, 4) is 5.82 Å². The Morgan fingerprint density at radius 2 is 1.97 bits per heavy atom. The Morgan fingerprint density at radius 3 is 2.65 bits per heavy atom. The van der Waals surface area contributed by atoms with Gasteiger partial charge in [0.2, 0.25) is 5.91 Å². The van der Waals surface area contributed by atoms with Crippen LogP contribution in [0.25, 0.3) is 5.82 Å². The second-order valence-corrected chi connectivity index (χ2v) is 8.81. The van der Waals surface area contributed by atoms with Gasteiger partial charge < -0.3 is 24.4 Å². The summed E-state index contributed by atoms with van der Waals surface area (Å²) in [6, 6.07) is 3.40. The molecule has 1 spiro atoms. The molecule has 1 N–H and O–H groups in total. The van der Waals surface area contributed by atoms with Gasteiger partial charge in [0, 0.05) is 20.2 Å². The molecule has 5 heterocycles. The largest absolute Gasteiger partial charge is 0.456 e. The molecule has 0 unspecified atom stereocenters. The van der Waals surface area contributed by atoms with Crippen LogP contribution in [0.2, 0.25) is 0 Å². The first-order valence-corrected chi connectivity index (χ1v) is 11.2. The number of likely N-dealkylation sites (tertiary alicyclic amines) is 2. The Bertz CT molecular complexity index is 1080. The Balaban J connectivity index is 1.19. The number of cyclic esters (lactones) is 1. The van der Waals surface area contributed by atoms with E-state index in [1.165, 1.54) is 18.1 Å². The summed E-state index contributed by atoms with van der Waals surface area (Å²) in [5, 5.41) is 29.7. The minimum Gasteiger partial charge on any atom is -0.456 e. The molecule has 2 aromatic heterocycles. The predicted octanol–water partition coefficient (Wildman–Crippen LogP) is -0.742. The number of hydrogen-bond acceptors (Lipinski definition) is 11. The molecule has 0 aliphatic carbocycles. The molecule has 1 amide bonds. The topological polar surface area (TPSA) is 149 Å². The average Bonchev–Trinajstić information content (AvgIpc) is 3.58. The number of methoxy groups -OCH3 is 1. The lowest BCUT2D eigenvalue weighted by Crippen LogP contribution is -2.45. The maximum absolute atomic E-state index is 13.4. The van der Waals surface area contributed by atoms with E-state index in [-0.39, 0.29) is 19.1 Å². The molecule has 2 aromatic rings. The van der Waals surface area contributed by atoms with Gasteiger partial charge in [0.15, 0.2) is 5.82 Å². The summed E-state index contributed by atoms with van der Waals surface area (Å²) in [5.74, 6) is 0.102. The highest BCUT2D eigenvalue weighted by molar-refractivity contribution is 5.95. The number of aliphatic hydroxyl groups is 1. The Morgan fingerprint density at radius 1 is 1.18 bits per heavy atom. The standard InChI is InChI=1S/C21H26N8O5/c1-33-11-14-16(12-34-19(14)31)28-9-6-21(20(28)32)4-7-27(8-5-21)10-17(30)15-2-3-18(24-23-15)29-13-22-25-26-29/h2-3,13,17,30H,4-12H2,1H3/t17-/m0/s1. The van der Waals surface area contributed by atoms with E-state index in [0.717, 1.165) is 6.42 Å². The Labute approximate surface area is 195 Å². The zero-order valence-corrected chi connectivity index (χ0v) is 18.8. The van der Waals surface area contributed by atoms with E-state index in [1.807, 2.05) is 0 Å². The van der Waals surface area contributed by atoms with Gasteiger partial charge in [-0.3, -0.25) is 4.79 Å². The molecule has 180 valence electrons. The molecule has 0 saturated carbocycles. The number of β-amino-alcohol motifs (C(OH)–C–C–N with tert-alkyl or cyclic N) is 1. The molecule has 2 fully saturated rings. The summed E-state index contributed by atoms with van der Waals surface area (Å²) >= 11 is 0. The first kappa shape index (κ1) is 22.5. The number of amides is 1. The molecule has 13 heteroatoms. The van der Waals surface area contributed by atoms with Crippen LogP contribution in [0.3, 0.4) is 0 Å². The van der Waals surface area contributed by atoms with Crippen LogP contribution in [0.4, 0.5) is 0 Å². The molecule has 3 aliphatic rings. The van der Waals surface area contributed by atoms with Crippen molar-refractivity contribution in [3.63, 3.8) is 0 Å². The molecular weight excluding hydrogens is 444 g/mol. The van der Waals surface area contributed by atoms with E-state index >= 15 is 0 Å². The third-order valence-corrected chi connectivity index (χ3v) is 6.90. The van der Waals surface area contributed by atoms with Gasteiger partial charge in [-0.05, 0) is 54.9 Å². The van der Waals surface area contributed by atoms with Crippen molar-refractivity contribution in [1.82, 2.24) is 40.2 Å². The van der Waals surface area contributed by atoms with Crippen LogP contribution in [0.1, 0.15) is 31.1 Å². The van der Waals surface area contributed by atoms with Crippen LogP contribution in [0, 0.1) is 5.41 Å². The fourth-order valence-corrected chi connectivity index (χ4v) is 4.90. The number of piperidine rings is 1. The van der Waals surface area contributed by atoms with Gasteiger partial charge in [-0.15, -0.1) is 10.2 Å². The van der Waals surface area contributed by atoms with Crippen molar-refractivity contribution in [2.75, 3.05) is 46.5 Å². The number of carbonyl (C=O) groups excluding carboxylic acids is 2. The molecular formula is C21H26N8O5. The molecule has 0 bridgehead atoms. The monoisotopic (exact) mass is 470 g/mol. The van der Waals surface area contributed by atoms with Gasteiger partial charge in [-0.1, -0.05) is 0 Å². The average molecular weight is 470 g/mol. The van der Waals surface area contributed by atoms with Crippen molar-refractivity contribution < 1.29 is 24.2 Å². The number of carbonyl (C=O) groups is 2. The number of nitrogens with zero attached hydrogens (tertiary/aromatic N) is 8. The van der Waals surface area contributed by atoms with Crippen molar-refractivity contribution >= 4 is 11.9 Å². The van der Waals surface area contributed by atoms with Crippen LogP contribution >= 0.6 is 0 Å². The molecule has 0 aromatic carbocycles. The van der Waals surface area contributed by atoms with Gasteiger partial charge >= 0.3 is 5.97 Å². The molecule has 2 saturated heterocycles. The van der Waals surface area contributed by atoms with E-state index in [0.29, 0.717) is 61.8 Å². The van der Waals surface area contributed by atoms with E-state index < -0.39 is 17.5 Å². The SMILES string of the molecule is COCC1=C(N2CCC3(CCN(C[C@H](O)c4ccc(-n5cnnn5)nn4)CC3)C2=O)COC1=O. The van der Waals surface area contributed by atoms with Crippen molar-refractivity contribution in [2.45, 2.75) is 25.4 Å².